The molecule has 1 saturated heterocycles. The third-order valence-corrected chi connectivity index (χ3v) is 10.8. The predicted octanol–water partition coefficient (Wildman–Crippen LogP) is 4.87. The Morgan fingerprint density at radius 1 is 1.02 bits per heavy atom. The van der Waals surface area contributed by atoms with Crippen LogP contribution in [0.4, 0.5) is 0 Å². The molecule has 1 spiro atoms. The number of guanidine groups is 1. The van der Waals surface area contributed by atoms with E-state index in [2.05, 4.69) is 40.9 Å². The molecule has 4 rings (SSSR count). The second kappa shape index (κ2) is 23.3. The third kappa shape index (κ3) is 13.9. The molecule has 4 heterocycles. The smallest absolute Gasteiger partial charge is 0.353 e. The highest BCUT2D eigenvalue weighted by atomic mass is 35.5. The van der Waals surface area contributed by atoms with Gasteiger partial charge < -0.3 is 31.7 Å². The van der Waals surface area contributed by atoms with Crippen LogP contribution in [-0.2, 0) is 23.8 Å². The molecule has 4 aliphatic heterocycles. The van der Waals surface area contributed by atoms with Gasteiger partial charge in [-0.25, -0.2) is 15.4 Å². The zero-order valence-corrected chi connectivity index (χ0v) is 32.5. The lowest BCUT2D eigenvalue weighted by Crippen LogP contribution is -3.00. The van der Waals surface area contributed by atoms with Crippen molar-refractivity contribution in [2.75, 3.05) is 13.2 Å². The van der Waals surface area contributed by atoms with Gasteiger partial charge in [-0.3, -0.25) is 9.37 Å². The Balaban J connectivity index is 0.00000702. The lowest BCUT2D eigenvalue weighted by atomic mass is 9.95. The average Bonchev–Trinajstić information content (AvgIpc) is 3.41. The van der Waals surface area contributed by atoms with Crippen molar-refractivity contribution >= 4 is 17.9 Å². The normalized spacial score (nSPS) is 24.3. The number of aliphatic hydroxyl groups excluding tert-OH is 1. The minimum Gasteiger partial charge on any atom is -1.00 e. The van der Waals surface area contributed by atoms with Crippen LogP contribution in [0.5, 0.6) is 0 Å². The van der Waals surface area contributed by atoms with Crippen LogP contribution in [0, 0.1) is 0 Å². The van der Waals surface area contributed by atoms with Crippen molar-refractivity contribution in [3.05, 3.63) is 36.1 Å². The van der Waals surface area contributed by atoms with E-state index in [-0.39, 0.29) is 42.6 Å². The second-order valence-corrected chi connectivity index (χ2v) is 15.1. The van der Waals surface area contributed by atoms with E-state index in [0.717, 1.165) is 87.9 Å². The number of carbonyl (C=O) groups excluding carboxylic acids is 2. The maximum Gasteiger partial charge on any atom is 0.353 e. The summed E-state index contributed by atoms with van der Waals surface area (Å²) in [6, 6.07) is 0.330. The van der Waals surface area contributed by atoms with Crippen LogP contribution in [0.15, 0.2) is 36.1 Å². The van der Waals surface area contributed by atoms with Crippen LogP contribution >= 0.6 is 0 Å². The van der Waals surface area contributed by atoms with Gasteiger partial charge in [0.25, 0.3) is 0 Å². The number of carbonyl (C=O) groups is 2. The van der Waals surface area contributed by atoms with E-state index in [4.69, 9.17) is 14.2 Å². The number of allylic oxidation sites excluding steroid dienone is 2. The molecule has 0 radical (unpaired) electrons. The number of nitrogens with zero attached hydrogens (tertiary/aromatic N) is 1. The third-order valence-electron chi connectivity index (χ3n) is 10.8. The van der Waals surface area contributed by atoms with E-state index in [1.165, 1.54) is 57.8 Å². The molecular weight excluding hydrogens is 666 g/mol. The van der Waals surface area contributed by atoms with E-state index >= 15 is 0 Å². The molecule has 0 aliphatic carbocycles. The molecule has 10 heteroatoms. The van der Waals surface area contributed by atoms with Gasteiger partial charge >= 0.3 is 17.9 Å². The number of rotatable bonds is 24. The van der Waals surface area contributed by atoms with E-state index in [0.29, 0.717) is 38.5 Å². The number of nitrogens with one attached hydrogen (secondary N) is 2. The summed E-state index contributed by atoms with van der Waals surface area (Å²) in [5, 5.41) is 17.4. The molecule has 0 aromatic rings. The first-order valence-electron chi connectivity index (χ1n) is 20.3. The summed E-state index contributed by atoms with van der Waals surface area (Å²) in [5.74, 6) is 0.679. The standard InChI is InChI=1S/C41H67N3O6.ClH/c1-4-29-48-37(46)25-17-15-13-11-9-7-6-8-10-12-14-16-20-30-49-39(47)38-35(24-21-22-32(3)45)42-40-43-41(28-19-18-23-34(5-2)50-41)31-33-26-27-36(38)44(33)40;/h4,18,23,32-34,36,45H,1,5-17,19-22,24-31H2,2-3H3,(H,42,43,47);1H/t32-,33+,34+,36+,41+;/m1./s1. The zero-order valence-electron chi connectivity index (χ0n) is 31.7. The molecule has 4 aliphatic rings. The maximum absolute atomic E-state index is 13.7. The summed E-state index contributed by atoms with van der Waals surface area (Å²) in [6.07, 6.45) is 29.6. The number of hydrogen-bond acceptors (Lipinski definition) is 8. The molecule has 0 bridgehead atoms. The van der Waals surface area contributed by atoms with Crippen molar-refractivity contribution in [2.24, 2.45) is 0 Å². The summed E-state index contributed by atoms with van der Waals surface area (Å²) in [4.78, 5) is 25.2. The number of unbranched alkanes of at least 4 members (excludes halogenated alkanes) is 12. The Hall–Kier alpha value is -2.36. The fourth-order valence-electron chi connectivity index (χ4n) is 8.15. The number of aliphatic hydroxyl groups is 1. The van der Waals surface area contributed by atoms with Gasteiger partial charge in [0.1, 0.15) is 18.2 Å². The molecule has 3 N–H and O–H groups in total. The van der Waals surface area contributed by atoms with Crippen LogP contribution in [0.2, 0.25) is 0 Å². The number of esters is 2. The Morgan fingerprint density at radius 2 is 1.69 bits per heavy atom. The van der Waals surface area contributed by atoms with Crippen LogP contribution in [0.1, 0.15) is 162 Å². The first-order chi connectivity index (χ1) is 24.4. The van der Waals surface area contributed by atoms with Crippen molar-refractivity contribution in [2.45, 2.75) is 192 Å². The molecular formula is C41H68ClN3O6. The zero-order chi connectivity index (χ0) is 35.6. The van der Waals surface area contributed by atoms with Crippen LogP contribution < -0.4 is 23.0 Å². The topological polar surface area (TPSA) is 109 Å². The minimum atomic E-state index is -0.406. The maximum atomic E-state index is 13.7. The first-order valence-corrected chi connectivity index (χ1v) is 20.3. The molecule has 0 unspecified atom stereocenters. The van der Waals surface area contributed by atoms with Crippen LogP contribution in [0.3, 0.4) is 0 Å². The van der Waals surface area contributed by atoms with Crippen LogP contribution in [0.25, 0.3) is 0 Å². The molecule has 5 atom stereocenters. The number of ether oxygens (including phenoxy) is 3. The Kier molecular flexibility index (Phi) is 19.7. The molecule has 0 amide bonds. The molecule has 0 saturated carbocycles. The molecule has 0 aromatic carbocycles. The summed E-state index contributed by atoms with van der Waals surface area (Å²) in [5.41, 5.74) is 1.33. The fourth-order valence-corrected chi connectivity index (χ4v) is 8.15. The molecule has 9 nitrogen and oxygen atoms in total. The van der Waals surface area contributed by atoms with Gasteiger partial charge in [-0.15, -0.1) is 0 Å². The fraction of sp³-hybridized carbons (Fsp3) is 0.780. The van der Waals surface area contributed by atoms with Gasteiger partial charge in [0, 0.05) is 25.7 Å². The SMILES string of the molecule is C=CCOC(=O)CCCCCCCCCCCCCCCOC(=O)C1=C(CCC[C@@H](C)O)NC2=[N+]3[C@@H](CC[C@@H]13)C[C@@]1(CCC=C[C@H](CC)O1)N2.[Cl-]. The molecule has 1 fully saturated rings. The lowest BCUT2D eigenvalue weighted by molar-refractivity contribution is -0.585. The Labute approximate surface area is 314 Å². The quantitative estimate of drug-likeness (QED) is 0.0559. The summed E-state index contributed by atoms with van der Waals surface area (Å²) < 4.78 is 20.1. The summed E-state index contributed by atoms with van der Waals surface area (Å²) in [6.45, 7) is 8.33. The largest absolute Gasteiger partial charge is 1.00 e. The number of hydrogen-bond donors (Lipinski definition) is 3. The minimum absolute atomic E-state index is 0. The average molecular weight is 734 g/mol. The van der Waals surface area contributed by atoms with Gasteiger partial charge in [-0.05, 0) is 58.3 Å². The first kappa shape index (κ1) is 43.0. The van der Waals surface area contributed by atoms with Gasteiger partial charge in [-0.2, -0.15) is 0 Å². The van der Waals surface area contributed by atoms with Gasteiger partial charge in [0.15, 0.2) is 5.72 Å². The van der Waals surface area contributed by atoms with E-state index in [1.807, 2.05) is 6.92 Å². The van der Waals surface area contributed by atoms with Crippen molar-refractivity contribution < 1.29 is 45.9 Å². The Bertz CT molecular complexity index is 1190. The van der Waals surface area contributed by atoms with Gasteiger partial charge in [-0.1, -0.05) is 102 Å². The van der Waals surface area contributed by atoms with Gasteiger partial charge in [0.05, 0.1) is 30.6 Å². The Morgan fingerprint density at radius 3 is 2.33 bits per heavy atom. The highest BCUT2D eigenvalue weighted by Gasteiger charge is 2.54. The molecule has 290 valence electrons. The monoisotopic (exact) mass is 733 g/mol. The van der Waals surface area contributed by atoms with Crippen molar-refractivity contribution in [1.82, 2.24) is 10.6 Å². The highest BCUT2D eigenvalue weighted by Crippen LogP contribution is 2.40. The van der Waals surface area contributed by atoms with E-state index < -0.39 is 5.72 Å². The number of halogens is 1. The summed E-state index contributed by atoms with van der Waals surface area (Å²) in [7, 11) is 0. The van der Waals surface area contributed by atoms with E-state index in [9.17, 15) is 14.7 Å². The molecule has 51 heavy (non-hydrogen) atoms. The predicted molar refractivity (Wildman–Crippen MR) is 199 cm³/mol. The summed E-state index contributed by atoms with van der Waals surface area (Å²) >= 11 is 0. The van der Waals surface area contributed by atoms with Crippen molar-refractivity contribution in [3.63, 3.8) is 0 Å². The van der Waals surface area contributed by atoms with Crippen molar-refractivity contribution in [3.8, 4) is 0 Å². The van der Waals surface area contributed by atoms with Crippen LogP contribution in [-0.4, -0.2) is 70.8 Å². The van der Waals surface area contributed by atoms with Crippen molar-refractivity contribution in [1.29, 1.82) is 0 Å². The molecule has 0 aromatic heterocycles. The lowest BCUT2D eigenvalue weighted by Gasteiger charge is -2.41. The highest BCUT2D eigenvalue weighted by molar-refractivity contribution is 5.93. The second-order valence-electron chi connectivity index (χ2n) is 15.1. The van der Waals surface area contributed by atoms with E-state index in [1.54, 1.807) is 6.08 Å². The van der Waals surface area contributed by atoms with Gasteiger partial charge in [0.2, 0.25) is 0 Å².